The summed E-state index contributed by atoms with van der Waals surface area (Å²) in [5, 5.41) is 8.67. The van der Waals surface area contributed by atoms with E-state index in [1.807, 2.05) is 6.07 Å². The molecule has 2 rings (SSSR count). The molecule has 6 heteroatoms. The lowest BCUT2D eigenvalue weighted by atomic mass is 10.2. The summed E-state index contributed by atoms with van der Waals surface area (Å²) in [6.45, 7) is 0.917. The number of ether oxygens (including phenoxy) is 1. The molecule has 0 radical (unpaired) electrons. The fourth-order valence-electron chi connectivity index (χ4n) is 1.93. The molecule has 0 aliphatic carbocycles. The Balaban J connectivity index is 1.75. The van der Waals surface area contributed by atoms with Crippen LogP contribution in [-0.2, 0) is 4.79 Å². The van der Waals surface area contributed by atoms with Crippen molar-refractivity contribution in [2.24, 2.45) is 0 Å². The van der Waals surface area contributed by atoms with Crippen LogP contribution in [0.2, 0.25) is 0 Å². The maximum absolute atomic E-state index is 11.6. The van der Waals surface area contributed by atoms with E-state index in [0.29, 0.717) is 30.9 Å². The highest BCUT2D eigenvalue weighted by molar-refractivity contribution is 6.01. The molecule has 1 aromatic carbocycles. The van der Waals surface area contributed by atoms with Crippen LogP contribution >= 0.6 is 0 Å². The molecule has 6 nitrogen and oxygen atoms in total. The standard InChI is InChI=1S/C14H15N3O3/c1-16-10-13(18)17(14(16)19)7-2-8-20-12-5-3-11(9-15)4-6-12/h3-6H,2,7-8,10H2,1H3. The fraction of sp³-hybridized carbons (Fsp3) is 0.357. The molecule has 0 unspecified atom stereocenters. The van der Waals surface area contributed by atoms with Gasteiger partial charge in [0.2, 0.25) is 5.91 Å². The zero-order valence-electron chi connectivity index (χ0n) is 11.2. The summed E-state index contributed by atoms with van der Waals surface area (Å²) < 4.78 is 5.49. The second-order valence-electron chi connectivity index (χ2n) is 4.52. The lowest BCUT2D eigenvalue weighted by Gasteiger charge is -2.14. The van der Waals surface area contributed by atoms with Crippen molar-refractivity contribution in [2.45, 2.75) is 6.42 Å². The van der Waals surface area contributed by atoms with Gasteiger partial charge in [0, 0.05) is 13.6 Å². The Hall–Kier alpha value is -2.55. The molecule has 0 bridgehead atoms. The molecule has 3 amide bonds. The van der Waals surface area contributed by atoms with E-state index in [-0.39, 0.29) is 18.5 Å². The van der Waals surface area contributed by atoms with Crippen LogP contribution in [0.1, 0.15) is 12.0 Å². The van der Waals surface area contributed by atoms with Crippen LogP contribution in [0.3, 0.4) is 0 Å². The van der Waals surface area contributed by atoms with E-state index in [1.54, 1.807) is 31.3 Å². The second kappa shape index (κ2) is 6.06. The van der Waals surface area contributed by atoms with E-state index in [9.17, 15) is 9.59 Å². The van der Waals surface area contributed by atoms with Crippen LogP contribution in [0.4, 0.5) is 4.79 Å². The average molecular weight is 273 g/mol. The van der Waals surface area contributed by atoms with Crippen molar-refractivity contribution in [1.82, 2.24) is 9.80 Å². The number of nitrogens with zero attached hydrogens (tertiary/aromatic N) is 3. The highest BCUT2D eigenvalue weighted by atomic mass is 16.5. The number of carbonyl (C=O) groups excluding carboxylic acids is 2. The molecule has 0 spiro atoms. The van der Waals surface area contributed by atoms with E-state index >= 15 is 0 Å². The summed E-state index contributed by atoms with van der Waals surface area (Å²) in [4.78, 5) is 25.8. The van der Waals surface area contributed by atoms with Crippen LogP contribution in [-0.4, -0.2) is 48.5 Å². The Morgan fingerprint density at radius 3 is 2.55 bits per heavy atom. The Labute approximate surface area is 117 Å². The molecule has 104 valence electrons. The number of hydrogen-bond donors (Lipinski definition) is 0. The molecule has 0 atom stereocenters. The Kier molecular flexibility index (Phi) is 4.20. The molecule has 20 heavy (non-hydrogen) atoms. The highest BCUT2D eigenvalue weighted by Gasteiger charge is 2.32. The van der Waals surface area contributed by atoms with Gasteiger partial charge in [-0.1, -0.05) is 0 Å². The number of imide groups is 1. The largest absolute Gasteiger partial charge is 0.494 e. The lowest BCUT2D eigenvalue weighted by molar-refractivity contribution is -0.125. The smallest absolute Gasteiger partial charge is 0.326 e. The first-order chi connectivity index (χ1) is 9.61. The number of urea groups is 1. The van der Waals surface area contributed by atoms with Crippen molar-refractivity contribution in [2.75, 3.05) is 26.7 Å². The van der Waals surface area contributed by atoms with Crippen LogP contribution < -0.4 is 4.74 Å². The van der Waals surface area contributed by atoms with Crippen molar-refractivity contribution in [1.29, 1.82) is 5.26 Å². The van der Waals surface area contributed by atoms with Gasteiger partial charge in [-0.25, -0.2) is 4.79 Å². The number of hydrogen-bond acceptors (Lipinski definition) is 4. The first-order valence-electron chi connectivity index (χ1n) is 6.30. The summed E-state index contributed by atoms with van der Waals surface area (Å²) in [6, 6.07) is 8.57. The quantitative estimate of drug-likeness (QED) is 0.597. The number of carbonyl (C=O) groups is 2. The van der Waals surface area contributed by atoms with E-state index in [0.717, 1.165) is 0 Å². The maximum Gasteiger partial charge on any atom is 0.326 e. The lowest BCUT2D eigenvalue weighted by Crippen LogP contribution is -2.33. The molecule has 0 aromatic heterocycles. The number of nitriles is 1. The van der Waals surface area contributed by atoms with E-state index in [2.05, 4.69) is 0 Å². The normalized spacial score (nSPS) is 14.6. The molecular weight excluding hydrogens is 258 g/mol. The predicted octanol–water partition coefficient (Wildman–Crippen LogP) is 1.22. The van der Waals surface area contributed by atoms with E-state index in [1.165, 1.54) is 9.80 Å². The third-order valence-corrected chi connectivity index (χ3v) is 3.01. The summed E-state index contributed by atoms with van der Waals surface area (Å²) in [5.74, 6) is 0.496. The minimum atomic E-state index is -0.256. The van der Waals surface area contributed by atoms with Crippen LogP contribution in [0.25, 0.3) is 0 Å². The molecule has 1 aliphatic heterocycles. The van der Waals surface area contributed by atoms with Gasteiger partial charge in [-0.2, -0.15) is 5.26 Å². The molecule has 1 heterocycles. The molecule has 0 N–H and O–H groups in total. The van der Waals surface area contributed by atoms with Gasteiger partial charge in [0.05, 0.1) is 18.2 Å². The van der Waals surface area contributed by atoms with Gasteiger partial charge in [0.1, 0.15) is 12.3 Å². The van der Waals surface area contributed by atoms with Gasteiger partial charge in [-0.05, 0) is 30.7 Å². The van der Waals surface area contributed by atoms with Crippen LogP contribution in [0.15, 0.2) is 24.3 Å². The summed E-state index contributed by atoms with van der Waals surface area (Å²) in [7, 11) is 1.60. The monoisotopic (exact) mass is 273 g/mol. The predicted molar refractivity (Wildman–Crippen MR) is 71.0 cm³/mol. The van der Waals surface area contributed by atoms with Crippen molar-refractivity contribution in [3.63, 3.8) is 0 Å². The number of rotatable bonds is 5. The van der Waals surface area contributed by atoms with Gasteiger partial charge in [-0.15, -0.1) is 0 Å². The topological polar surface area (TPSA) is 73.6 Å². The van der Waals surface area contributed by atoms with Crippen molar-refractivity contribution < 1.29 is 14.3 Å². The van der Waals surface area contributed by atoms with Gasteiger partial charge >= 0.3 is 6.03 Å². The van der Waals surface area contributed by atoms with Gasteiger partial charge < -0.3 is 9.64 Å². The summed E-state index contributed by atoms with van der Waals surface area (Å²) >= 11 is 0. The highest BCUT2D eigenvalue weighted by Crippen LogP contribution is 2.12. The zero-order valence-corrected chi connectivity index (χ0v) is 11.2. The summed E-state index contributed by atoms with van der Waals surface area (Å²) in [6.07, 6.45) is 0.575. The Morgan fingerprint density at radius 2 is 2.00 bits per heavy atom. The molecule has 1 saturated heterocycles. The van der Waals surface area contributed by atoms with Crippen molar-refractivity contribution in [3.8, 4) is 11.8 Å². The van der Waals surface area contributed by atoms with Crippen molar-refractivity contribution in [3.05, 3.63) is 29.8 Å². The minimum absolute atomic E-state index is 0.148. The number of likely N-dealkylation sites (N-methyl/N-ethyl adjacent to an activating group) is 1. The minimum Gasteiger partial charge on any atom is -0.494 e. The molecule has 1 aromatic rings. The SMILES string of the molecule is CN1CC(=O)N(CCCOc2ccc(C#N)cc2)C1=O. The van der Waals surface area contributed by atoms with E-state index < -0.39 is 0 Å². The molecular formula is C14H15N3O3. The first-order valence-corrected chi connectivity index (χ1v) is 6.30. The Morgan fingerprint density at radius 1 is 1.30 bits per heavy atom. The number of amides is 3. The molecule has 1 aliphatic rings. The molecule has 0 saturated carbocycles. The maximum atomic E-state index is 11.6. The van der Waals surface area contributed by atoms with Crippen LogP contribution in [0, 0.1) is 11.3 Å². The van der Waals surface area contributed by atoms with Crippen LogP contribution in [0.5, 0.6) is 5.75 Å². The third kappa shape index (κ3) is 3.06. The van der Waals surface area contributed by atoms with E-state index in [4.69, 9.17) is 10.00 Å². The number of benzene rings is 1. The zero-order chi connectivity index (χ0) is 14.5. The Bertz CT molecular complexity index is 548. The van der Waals surface area contributed by atoms with Gasteiger partial charge in [0.25, 0.3) is 0 Å². The first kappa shape index (κ1) is 13.9. The fourth-order valence-corrected chi connectivity index (χ4v) is 1.93. The van der Waals surface area contributed by atoms with Gasteiger partial charge in [-0.3, -0.25) is 9.69 Å². The summed E-state index contributed by atoms with van der Waals surface area (Å²) in [5.41, 5.74) is 0.577. The molecule has 1 fully saturated rings. The second-order valence-corrected chi connectivity index (χ2v) is 4.52. The average Bonchev–Trinajstić information content (AvgIpc) is 2.70. The van der Waals surface area contributed by atoms with Crippen molar-refractivity contribution >= 4 is 11.9 Å². The third-order valence-electron chi connectivity index (χ3n) is 3.01. The van der Waals surface area contributed by atoms with Gasteiger partial charge in [0.15, 0.2) is 0 Å².